The number of fused-ring (bicyclic) bond motifs is 13. The van der Waals surface area contributed by atoms with Gasteiger partial charge in [-0.2, -0.15) is 0 Å². The van der Waals surface area contributed by atoms with E-state index in [0.717, 1.165) is 12.2 Å². The van der Waals surface area contributed by atoms with Crippen molar-refractivity contribution in [1.29, 1.82) is 0 Å². The summed E-state index contributed by atoms with van der Waals surface area (Å²) in [6.07, 6.45) is 12.6. The fraction of sp³-hybridized carbons (Fsp3) is 0.0909. The summed E-state index contributed by atoms with van der Waals surface area (Å²) in [4.78, 5) is 2.64. The zero-order valence-corrected chi connectivity index (χ0v) is 31.8. The van der Waals surface area contributed by atoms with Gasteiger partial charge in [-0.05, 0) is 74.8 Å². The van der Waals surface area contributed by atoms with E-state index in [2.05, 4.69) is 210 Å². The molecule has 274 valence electrons. The molecule has 7 aromatic carbocycles. The van der Waals surface area contributed by atoms with Gasteiger partial charge in [-0.3, -0.25) is 0 Å². The lowest BCUT2D eigenvalue weighted by Gasteiger charge is -2.34. The average molecular weight is 743 g/mol. The van der Waals surface area contributed by atoms with Crippen molar-refractivity contribution >= 4 is 22.2 Å². The SMILES string of the molecule is C1=CC(N2c3cc4c(cc3C3Oc5ccccc5C32)C(c2ccccc2)(c2ccccc2)c2ccccc2-4)C=CC(c2c3n(c4ccccc24)-c2ccccc2C3)=C1. The van der Waals surface area contributed by atoms with Crippen molar-refractivity contribution in [3.63, 3.8) is 0 Å². The summed E-state index contributed by atoms with van der Waals surface area (Å²) in [5.41, 5.74) is 18.9. The molecule has 0 saturated carbocycles. The lowest BCUT2D eigenvalue weighted by Crippen LogP contribution is -2.33. The van der Waals surface area contributed by atoms with Crippen LogP contribution in [0.2, 0.25) is 0 Å². The van der Waals surface area contributed by atoms with Crippen LogP contribution >= 0.6 is 0 Å². The summed E-state index contributed by atoms with van der Waals surface area (Å²) in [5, 5.41) is 1.30. The van der Waals surface area contributed by atoms with E-state index in [0.29, 0.717) is 0 Å². The maximum atomic E-state index is 7.03. The van der Waals surface area contributed by atoms with Crippen LogP contribution in [0.25, 0.3) is 33.3 Å². The molecule has 8 aromatic rings. The number of benzene rings is 7. The van der Waals surface area contributed by atoms with E-state index < -0.39 is 5.41 Å². The van der Waals surface area contributed by atoms with Crippen LogP contribution in [0, 0.1) is 0 Å². The van der Waals surface area contributed by atoms with E-state index in [-0.39, 0.29) is 18.2 Å². The first-order valence-corrected chi connectivity index (χ1v) is 20.5. The Kier molecular flexibility index (Phi) is 6.60. The number of aromatic nitrogens is 1. The van der Waals surface area contributed by atoms with Crippen LogP contribution in [0.1, 0.15) is 62.3 Å². The minimum absolute atomic E-state index is 0.000850. The van der Waals surface area contributed by atoms with Gasteiger partial charge in [0.05, 0.1) is 23.0 Å². The first kappa shape index (κ1) is 32.0. The fourth-order valence-corrected chi connectivity index (χ4v) is 11.2. The Labute approximate surface area is 338 Å². The van der Waals surface area contributed by atoms with Crippen LogP contribution in [-0.2, 0) is 11.8 Å². The van der Waals surface area contributed by atoms with Crippen molar-refractivity contribution in [3.05, 3.63) is 250 Å². The van der Waals surface area contributed by atoms with Crippen molar-refractivity contribution < 1.29 is 4.74 Å². The van der Waals surface area contributed by atoms with E-state index in [1.807, 2.05) is 0 Å². The van der Waals surface area contributed by atoms with E-state index in [4.69, 9.17) is 4.74 Å². The van der Waals surface area contributed by atoms with E-state index in [1.54, 1.807) is 0 Å². The maximum absolute atomic E-state index is 7.03. The van der Waals surface area contributed by atoms with E-state index in [9.17, 15) is 0 Å². The molecule has 0 spiro atoms. The van der Waals surface area contributed by atoms with Gasteiger partial charge in [0.15, 0.2) is 6.10 Å². The standard InChI is InChI=1S/C55H38N2O/c1-3-18-37(19-4-1)55(38-20-5-2-6-21-38)45-26-11-8-23-40(45)43-34-49-44(33-46(43)55)54-53(42-25-10-14-29-51(42)58-54)56(49)39-22-15-17-35(30-31-39)52-41-24-9-13-28-48(41)57-47-27-12-7-16-36(47)32-50(52)57/h1-31,33-34,39,53-54H,32H2. The third-order valence-corrected chi connectivity index (χ3v) is 13.5. The van der Waals surface area contributed by atoms with Crippen molar-refractivity contribution in [1.82, 2.24) is 4.57 Å². The van der Waals surface area contributed by atoms with E-state index >= 15 is 0 Å². The smallest absolute Gasteiger partial charge is 0.150 e. The number of hydrogen-bond donors (Lipinski definition) is 0. The van der Waals surface area contributed by atoms with Crippen LogP contribution in [0.15, 0.2) is 200 Å². The normalized spacial score (nSPS) is 19.7. The predicted octanol–water partition coefficient (Wildman–Crippen LogP) is 12.5. The molecule has 3 nitrogen and oxygen atoms in total. The van der Waals surface area contributed by atoms with Gasteiger partial charge in [-0.1, -0.05) is 170 Å². The molecule has 3 heteroatoms. The van der Waals surface area contributed by atoms with Crippen molar-refractivity contribution in [3.8, 4) is 22.6 Å². The Hall–Kier alpha value is -7.10. The molecule has 0 bridgehead atoms. The average Bonchev–Trinajstić information content (AvgIpc) is 4.03. The van der Waals surface area contributed by atoms with Gasteiger partial charge in [0.25, 0.3) is 0 Å². The Morgan fingerprint density at radius 1 is 0.586 bits per heavy atom. The molecule has 58 heavy (non-hydrogen) atoms. The van der Waals surface area contributed by atoms with Crippen LogP contribution in [-0.4, -0.2) is 10.6 Å². The molecule has 3 atom stereocenters. The maximum Gasteiger partial charge on any atom is 0.150 e. The summed E-state index contributed by atoms with van der Waals surface area (Å²) in [7, 11) is 0. The molecule has 1 aromatic heterocycles. The topological polar surface area (TPSA) is 17.4 Å². The summed E-state index contributed by atoms with van der Waals surface area (Å²) >= 11 is 0. The summed E-state index contributed by atoms with van der Waals surface area (Å²) in [5.74, 6) is 0.977. The lowest BCUT2D eigenvalue weighted by atomic mass is 9.67. The van der Waals surface area contributed by atoms with Gasteiger partial charge in [-0.15, -0.1) is 0 Å². The van der Waals surface area contributed by atoms with Gasteiger partial charge < -0.3 is 14.2 Å². The molecule has 13 rings (SSSR count). The molecule has 2 aliphatic carbocycles. The van der Waals surface area contributed by atoms with Crippen LogP contribution in [0.5, 0.6) is 5.75 Å². The summed E-state index contributed by atoms with van der Waals surface area (Å²) < 4.78 is 9.51. The zero-order chi connectivity index (χ0) is 38.0. The highest BCUT2D eigenvalue weighted by atomic mass is 16.5. The minimum atomic E-state index is -0.473. The first-order valence-electron chi connectivity index (χ1n) is 20.5. The van der Waals surface area contributed by atoms with Gasteiger partial charge in [0.2, 0.25) is 0 Å². The van der Waals surface area contributed by atoms with Crippen LogP contribution < -0.4 is 9.64 Å². The number of hydrogen-bond acceptors (Lipinski definition) is 2. The third kappa shape index (κ3) is 4.18. The molecule has 3 aliphatic heterocycles. The Morgan fingerprint density at radius 3 is 2.17 bits per heavy atom. The quantitative estimate of drug-likeness (QED) is 0.179. The lowest BCUT2D eigenvalue weighted by molar-refractivity contribution is 0.219. The van der Waals surface area contributed by atoms with Crippen molar-refractivity contribution in [2.75, 3.05) is 4.90 Å². The number of allylic oxidation sites excluding steroid dienone is 4. The second-order valence-corrected chi connectivity index (χ2v) is 16.2. The summed E-state index contributed by atoms with van der Waals surface area (Å²) in [6, 6.07) is 62.7. The highest BCUT2D eigenvalue weighted by Gasteiger charge is 2.52. The summed E-state index contributed by atoms with van der Waals surface area (Å²) in [6.45, 7) is 0. The van der Waals surface area contributed by atoms with Crippen LogP contribution in [0.3, 0.4) is 0 Å². The molecule has 0 saturated heterocycles. The zero-order valence-electron chi connectivity index (χ0n) is 31.8. The fourth-order valence-electron chi connectivity index (χ4n) is 11.2. The monoisotopic (exact) mass is 742 g/mol. The Balaban J connectivity index is 0.990. The van der Waals surface area contributed by atoms with Gasteiger partial charge in [-0.25, -0.2) is 0 Å². The molecule has 5 aliphatic rings. The molecular weight excluding hydrogens is 705 g/mol. The molecule has 4 heterocycles. The second-order valence-electron chi connectivity index (χ2n) is 16.2. The number of rotatable bonds is 4. The first-order chi connectivity index (χ1) is 28.8. The van der Waals surface area contributed by atoms with Gasteiger partial charge in [0, 0.05) is 45.6 Å². The number of nitrogens with zero attached hydrogens (tertiary/aromatic N) is 2. The minimum Gasteiger partial charge on any atom is -0.483 e. The number of para-hydroxylation sites is 3. The molecule has 0 radical (unpaired) electrons. The molecule has 0 N–H and O–H groups in total. The molecule has 0 amide bonds. The Morgan fingerprint density at radius 2 is 1.31 bits per heavy atom. The second kappa shape index (κ2) is 12.0. The number of ether oxygens (including phenoxy) is 1. The van der Waals surface area contributed by atoms with Gasteiger partial charge in [0.1, 0.15) is 5.75 Å². The molecule has 0 fully saturated rings. The highest BCUT2D eigenvalue weighted by Crippen LogP contribution is 2.63. The predicted molar refractivity (Wildman–Crippen MR) is 235 cm³/mol. The van der Waals surface area contributed by atoms with Crippen LogP contribution in [0.4, 0.5) is 5.69 Å². The highest BCUT2D eigenvalue weighted by molar-refractivity contribution is 6.00. The van der Waals surface area contributed by atoms with Gasteiger partial charge >= 0.3 is 0 Å². The largest absolute Gasteiger partial charge is 0.483 e. The number of anilines is 1. The Bertz CT molecular complexity index is 3050. The van der Waals surface area contributed by atoms with Crippen molar-refractivity contribution in [2.45, 2.75) is 30.0 Å². The molecular formula is C55H38N2O. The molecule has 3 unspecified atom stereocenters. The third-order valence-electron chi connectivity index (χ3n) is 13.5. The van der Waals surface area contributed by atoms with E-state index in [1.165, 1.54) is 89.2 Å². The van der Waals surface area contributed by atoms with Crippen molar-refractivity contribution in [2.24, 2.45) is 0 Å².